The van der Waals surface area contributed by atoms with E-state index in [1.807, 2.05) is 19.9 Å². The zero-order valence-electron chi connectivity index (χ0n) is 16.4. The quantitative estimate of drug-likeness (QED) is 0.690. The number of carbonyl (C=O) groups excluding carboxylic acids is 4. The molecule has 2 rings (SSSR count). The monoisotopic (exact) mass is 398 g/mol. The molecular formula is C21H22N2O6. The molecule has 8 nitrogen and oxygen atoms in total. The van der Waals surface area contributed by atoms with Crippen LogP contribution in [0.15, 0.2) is 42.5 Å². The van der Waals surface area contributed by atoms with E-state index in [9.17, 15) is 19.2 Å². The first-order chi connectivity index (χ1) is 13.8. The standard InChI is InChI=1S/C21H22N2O6/c1-13-8-14(2)10-15(9-13)20(26)22-11-19(25)29-12-18(24)23-17-7-5-4-6-16(17)21(27)28-3/h4-10H,11-12H2,1-3H3,(H,22,26)(H,23,24). The van der Waals surface area contributed by atoms with E-state index < -0.39 is 30.4 Å². The highest BCUT2D eigenvalue weighted by atomic mass is 16.5. The summed E-state index contributed by atoms with van der Waals surface area (Å²) in [5.41, 5.74) is 2.72. The number of hydrogen-bond donors (Lipinski definition) is 2. The summed E-state index contributed by atoms with van der Waals surface area (Å²) in [6.07, 6.45) is 0. The van der Waals surface area contributed by atoms with Crippen LogP contribution in [0.4, 0.5) is 5.69 Å². The predicted molar refractivity (Wildman–Crippen MR) is 106 cm³/mol. The molecule has 0 unspecified atom stereocenters. The minimum Gasteiger partial charge on any atom is -0.465 e. The molecule has 0 spiro atoms. The minimum absolute atomic E-state index is 0.176. The van der Waals surface area contributed by atoms with E-state index in [0.717, 1.165) is 11.1 Å². The van der Waals surface area contributed by atoms with Crippen LogP contribution in [0.25, 0.3) is 0 Å². The van der Waals surface area contributed by atoms with Gasteiger partial charge >= 0.3 is 11.9 Å². The van der Waals surface area contributed by atoms with E-state index in [1.54, 1.807) is 24.3 Å². The van der Waals surface area contributed by atoms with Gasteiger partial charge in [-0.1, -0.05) is 29.3 Å². The van der Waals surface area contributed by atoms with Crippen molar-refractivity contribution in [2.45, 2.75) is 13.8 Å². The number of methoxy groups -OCH3 is 1. The zero-order chi connectivity index (χ0) is 21.4. The van der Waals surface area contributed by atoms with Crippen LogP contribution in [0.3, 0.4) is 0 Å². The van der Waals surface area contributed by atoms with Gasteiger partial charge in [-0.25, -0.2) is 4.79 Å². The maximum absolute atomic E-state index is 12.1. The molecular weight excluding hydrogens is 376 g/mol. The van der Waals surface area contributed by atoms with Crippen molar-refractivity contribution < 1.29 is 28.7 Å². The van der Waals surface area contributed by atoms with Crippen molar-refractivity contribution in [1.29, 1.82) is 0 Å². The SMILES string of the molecule is COC(=O)c1ccccc1NC(=O)COC(=O)CNC(=O)c1cc(C)cc(C)c1. The number of rotatable bonds is 7. The van der Waals surface area contributed by atoms with Gasteiger partial charge in [0.15, 0.2) is 6.61 Å². The number of amides is 2. The highest BCUT2D eigenvalue weighted by molar-refractivity contribution is 6.02. The Bertz CT molecular complexity index is 918. The molecule has 2 N–H and O–H groups in total. The van der Waals surface area contributed by atoms with Gasteiger partial charge in [0, 0.05) is 5.56 Å². The average Bonchev–Trinajstić information content (AvgIpc) is 2.69. The first-order valence-corrected chi connectivity index (χ1v) is 8.79. The molecule has 0 fully saturated rings. The fourth-order valence-corrected chi connectivity index (χ4v) is 2.62. The van der Waals surface area contributed by atoms with Crippen LogP contribution in [-0.4, -0.2) is 44.0 Å². The zero-order valence-corrected chi connectivity index (χ0v) is 16.4. The van der Waals surface area contributed by atoms with Crippen molar-refractivity contribution in [3.63, 3.8) is 0 Å². The van der Waals surface area contributed by atoms with Crippen molar-refractivity contribution in [2.24, 2.45) is 0 Å². The van der Waals surface area contributed by atoms with E-state index in [-0.39, 0.29) is 17.8 Å². The first kappa shape index (κ1) is 21.6. The van der Waals surface area contributed by atoms with E-state index in [1.165, 1.54) is 19.2 Å². The number of benzene rings is 2. The van der Waals surface area contributed by atoms with Gasteiger partial charge in [-0.05, 0) is 38.1 Å². The third kappa shape index (κ3) is 6.46. The summed E-state index contributed by atoms with van der Waals surface area (Å²) in [6, 6.07) is 11.6. The van der Waals surface area contributed by atoms with Gasteiger partial charge in [-0.2, -0.15) is 0 Å². The fourth-order valence-electron chi connectivity index (χ4n) is 2.62. The second-order valence-corrected chi connectivity index (χ2v) is 6.31. The van der Waals surface area contributed by atoms with Gasteiger partial charge in [0.05, 0.1) is 18.4 Å². The number of esters is 2. The molecule has 0 saturated carbocycles. The number of ether oxygens (including phenoxy) is 2. The number of para-hydroxylation sites is 1. The van der Waals surface area contributed by atoms with Crippen molar-refractivity contribution in [1.82, 2.24) is 5.32 Å². The van der Waals surface area contributed by atoms with Crippen LogP contribution < -0.4 is 10.6 Å². The van der Waals surface area contributed by atoms with E-state index in [2.05, 4.69) is 15.4 Å². The smallest absolute Gasteiger partial charge is 0.339 e. The average molecular weight is 398 g/mol. The van der Waals surface area contributed by atoms with Crippen LogP contribution in [0.1, 0.15) is 31.8 Å². The lowest BCUT2D eigenvalue weighted by molar-refractivity contribution is -0.146. The van der Waals surface area contributed by atoms with Crippen LogP contribution in [0.2, 0.25) is 0 Å². The largest absolute Gasteiger partial charge is 0.465 e. The highest BCUT2D eigenvalue weighted by Crippen LogP contribution is 2.15. The number of carbonyl (C=O) groups is 4. The maximum Gasteiger partial charge on any atom is 0.339 e. The number of aryl methyl sites for hydroxylation is 2. The van der Waals surface area contributed by atoms with Crippen molar-refractivity contribution in [3.05, 3.63) is 64.7 Å². The van der Waals surface area contributed by atoms with Gasteiger partial charge in [-0.3, -0.25) is 14.4 Å². The maximum atomic E-state index is 12.1. The van der Waals surface area contributed by atoms with Crippen LogP contribution in [0, 0.1) is 13.8 Å². The summed E-state index contributed by atoms with van der Waals surface area (Å²) in [7, 11) is 1.23. The molecule has 29 heavy (non-hydrogen) atoms. The minimum atomic E-state index is -0.765. The molecule has 0 atom stereocenters. The van der Waals surface area contributed by atoms with Crippen molar-refractivity contribution >= 4 is 29.4 Å². The second-order valence-electron chi connectivity index (χ2n) is 6.31. The summed E-state index contributed by atoms with van der Waals surface area (Å²) in [5, 5.41) is 4.93. The molecule has 0 aliphatic carbocycles. The van der Waals surface area contributed by atoms with Crippen LogP contribution in [0.5, 0.6) is 0 Å². The molecule has 0 aliphatic rings. The van der Waals surface area contributed by atoms with Gasteiger partial charge < -0.3 is 20.1 Å². The van der Waals surface area contributed by atoms with Crippen molar-refractivity contribution in [2.75, 3.05) is 25.6 Å². The van der Waals surface area contributed by atoms with Crippen molar-refractivity contribution in [3.8, 4) is 0 Å². The van der Waals surface area contributed by atoms with Crippen LogP contribution >= 0.6 is 0 Å². The molecule has 0 radical (unpaired) electrons. The molecule has 0 heterocycles. The molecule has 0 aliphatic heterocycles. The number of hydrogen-bond acceptors (Lipinski definition) is 6. The molecule has 0 bridgehead atoms. The summed E-state index contributed by atoms with van der Waals surface area (Å²) >= 11 is 0. The normalized spacial score (nSPS) is 10.0. The Morgan fingerprint density at radius 3 is 2.28 bits per heavy atom. The Kier molecular flexibility index (Phi) is 7.47. The molecule has 2 aromatic rings. The Balaban J connectivity index is 1.83. The van der Waals surface area contributed by atoms with Gasteiger partial charge in [0.2, 0.25) is 0 Å². The Hall–Kier alpha value is -3.68. The molecule has 0 aromatic heterocycles. The molecule has 152 valence electrons. The van der Waals surface area contributed by atoms with E-state index in [0.29, 0.717) is 5.56 Å². The number of anilines is 1. The molecule has 0 saturated heterocycles. The summed E-state index contributed by atoms with van der Waals surface area (Å²) < 4.78 is 9.50. The predicted octanol–water partition coefficient (Wildman–Crippen LogP) is 2.00. The van der Waals surface area contributed by atoms with Gasteiger partial charge in [0.1, 0.15) is 6.54 Å². The van der Waals surface area contributed by atoms with Gasteiger partial charge in [0.25, 0.3) is 11.8 Å². The highest BCUT2D eigenvalue weighted by Gasteiger charge is 2.15. The summed E-state index contributed by atoms with van der Waals surface area (Å²) in [5.74, 6) is -2.41. The van der Waals surface area contributed by atoms with Crippen LogP contribution in [-0.2, 0) is 19.1 Å². The molecule has 8 heteroatoms. The Morgan fingerprint density at radius 2 is 1.62 bits per heavy atom. The first-order valence-electron chi connectivity index (χ1n) is 8.79. The third-order valence-electron chi connectivity index (χ3n) is 3.85. The lowest BCUT2D eigenvalue weighted by atomic mass is 10.1. The number of nitrogens with one attached hydrogen (secondary N) is 2. The molecule has 2 aromatic carbocycles. The Labute approximate surface area is 168 Å². The summed E-state index contributed by atoms with van der Waals surface area (Å²) in [4.78, 5) is 47.6. The van der Waals surface area contributed by atoms with E-state index in [4.69, 9.17) is 4.74 Å². The topological polar surface area (TPSA) is 111 Å². The lowest BCUT2D eigenvalue weighted by Gasteiger charge is -2.10. The third-order valence-corrected chi connectivity index (χ3v) is 3.85. The Morgan fingerprint density at radius 1 is 0.966 bits per heavy atom. The van der Waals surface area contributed by atoms with E-state index >= 15 is 0 Å². The molecule has 2 amide bonds. The second kappa shape index (κ2) is 10.0. The van der Waals surface area contributed by atoms with Gasteiger partial charge in [-0.15, -0.1) is 0 Å². The fraction of sp³-hybridized carbons (Fsp3) is 0.238. The summed E-state index contributed by atoms with van der Waals surface area (Å²) in [6.45, 7) is 2.80. The lowest BCUT2D eigenvalue weighted by Crippen LogP contribution is -2.32.